The number of hydrogen-bond acceptors (Lipinski definition) is 5. The number of rotatable bonds is 5. The van der Waals surface area contributed by atoms with Crippen molar-refractivity contribution in [3.8, 4) is 5.75 Å². The summed E-state index contributed by atoms with van der Waals surface area (Å²) in [6.45, 7) is 5.57. The third kappa shape index (κ3) is 3.40. The molecule has 22 heavy (non-hydrogen) atoms. The fourth-order valence-corrected chi connectivity index (χ4v) is 2.60. The molecule has 1 aliphatic heterocycles. The molecule has 6 nitrogen and oxygen atoms in total. The van der Waals surface area contributed by atoms with Crippen molar-refractivity contribution in [3.05, 3.63) is 30.0 Å². The van der Waals surface area contributed by atoms with Gasteiger partial charge in [0.1, 0.15) is 11.3 Å². The molecule has 1 aromatic carbocycles. The van der Waals surface area contributed by atoms with Crippen LogP contribution >= 0.6 is 0 Å². The van der Waals surface area contributed by atoms with Crippen molar-refractivity contribution in [2.45, 2.75) is 0 Å². The Morgan fingerprint density at radius 2 is 2.18 bits per heavy atom. The van der Waals surface area contributed by atoms with E-state index in [0.29, 0.717) is 23.6 Å². The first-order chi connectivity index (χ1) is 10.8. The highest BCUT2D eigenvalue weighted by molar-refractivity contribution is 5.96. The zero-order chi connectivity index (χ0) is 15.4. The number of carbonyl (C=O) groups excluding carboxylic acids is 1. The summed E-state index contributed by atoms with van der Waals surface area (Å²) in [5.41, 5.74) is 0.659. The summed E-state index contributed by atoms with van der Waals surface area (Å²) in [5, 5.41) is 7.12. The van der Waals surface area contributed by atoms with E-state index in [0.717, 1.165) is 38.1 Å². The Labute approximate surface area is 129 Å². The van der Waals surface area contributed by atoms with E-state index in [1.165, 1.54) is 0 Å². The lowest BCUT2D eigenvalue weighted by Gasteiger charge is -2.26. The number of amides is 1. The number of furan rings is 1. The van der Waals surface area contributed by atoms with Crippen LogP contribution in [0.25, 0.3) is 11.0 Å². The second-order valence-electron chi connectivity index (χ2n) is 5.36. The largest absolute Gasteiger partial charge is 0.497 e. The van der Waals surface area contributed by atoms with Gasteiger partial charge in [-0.15, -0.1) is 0 Å². The van der Waals surface area contributed by atoms with Gasteiger partial charge >= 0.3 is 0 Å². The number of carbonyl (C=O) groups is 1. The Morgan fingerprint density at radius 1 is 1.36 bits per heavy atom. The second-order valence-corrected chi connectivity index (χ2v) is 5.36. The molecule has 0 atom stereocenters. The quantitative estimate of drug-likeness (QED) is 0.865. The van der Waals surface area contributed by atoms with Gasteiger partial charge in [0, 0.05) is 50.7 Å². The minimum atomic E-state index is -0.176. The lowest BCUT2D eigenvalue weighted by molar-refractivity contribution is 0.0921. The zero-order valence-corrected chi connectivity index (χ0v) is 12.7. The number of nitrogens with one attached hydrogen (secondary N) is 2. The van der Waals surface area contributed by atoms with E-state index in [2.05, 4.69) is 15.5 Å². The molecule has 0 aliphatic carbocycles. The van der Waals surface area contributed by atoms with Crippen molar-refractivity contribution >= 4 is 16.9 Å². The summed E-state index contributed by atoms with van der Waals surface area (Å²) in [7, 11) is 1.61. The van der Waals surface area contributed by atoms with Gasteiger partial charge in [-0.2, -0.15) is 0 Å². The van der Waals surface area contributed by atoms with E-state index in [4.69, 9.17) is 9.15 Å². The molecule has 1 amide bonds. The molecule has 1 aliphatic rings. The Morgan fingerprint density at radius 3 is 2.95 bits per heavy atom. The van der Waals surface area contributed by atoms with Crippen LogP contribution < -0.4 is 15.4 Å². The standard InChI is InChI=1S/C16H21N3O3/c1-21-13-3-2-12-10-15(22-14(12)11-13)16(20)18-6-9-19-7-4-17-5-8-19/h2-3,10-11,17H,4-9H2,1H3,(H,18,20). The molecule has 1 saturated heterocycles. The topological polar surface area (TPSA) is 66.7 Å². The van der Waals surface area contributed by atoms with Gasteiger partial charge < -0.3 is 19.8 Å². The maximum atomic E-state index is 12.1. The van der Waals surface area contributed by atoms with Crippen molar-refractivity contribution in [1.82, 2.24) is 15.5 Å². The monoisotopic (exact) mass is 303 g/mol. The number of ether oxygens (including phenoxy) is 1. The highest BCUT2D eigenvalue weighted by atomic mass is 16.5. The van der Waals surface area contributed by atoms with Crippen LogP contribution in [0, 0.1) is 0 Å². The highest BCUT2D eigenvalue weighted by Gasteiger charge is 2.14. The molecule has 1 aromatic heterocycles. The summed E-state index contributed by atoms with van der Waals surface area (Å²) >= 11 is 0. The van der Waals surface area contributed by atoms with Crippen molar-refractivity contribution < 1.29 is 13.9 Å². The normalized spacial score (nSPS) is 15.9. The minimum absolute atomic E-state index is 0.176. The lowest BCUT2D eigenvalue weighted by Crippen LogP contribution is -2.46. The molecular weight excluding hydrogens is 282 g/mol. The first kappa shape index (κ1) is 14.9. The lowest BCUT2D eigenvalue weighted by atomic mass is 10.2. The Hall–Kier alpha value is -2.05. The van der Waals surface area contributed by atoms with Crippen LogP contribution in [0.1, 0.15) is 10.6 Å². The fourth-order valence-electron chi connectivity index (χ4n) is 2.60. The highest BCUT2D eigenvalue weighted by Crippen LogP contribution is 2.24. The molecule has 0 unspecified atom stereocenters. The van der Waals surface area contributed by atoms with E-state index in [1.54, 1.807) is 19.2 Å². The van der Waals surface area contributed by atoms with Crippen LogP contribution in [-0.2, 0) is 0 Å². The van der Waals surface area contributed by atoms with Crippen LogP contribution in [-0.4, -0.2) is 57.2 Å². The van der Waals surface area contributed by atoms with Gasteiger partial charge in [0.15, 0.2) is 5.76 Å². The maximum Gasteiger partial charge on any atom is 0.287 e. The molecule has 2 aromatic rings. The molecule has 2 heterocycles. The van der Waals surface area contributed by atoms with Crippen LogP contribution in [0.15, 0.2) is 28.7 Å². The predicted molar refractivity (Wildman–Crippen MR) is 84.4 cm³/mol. The van der Waals surface area contributed by atoms with E-state index < -0.39 is 0 Å². The number of fused-ring (bicyclic) bond motifs is 1. The molecule has 3 rings (SSSR count). The molecular formula is C16H21N3O3. The van der Waals surface area contributed by atoms with Gasteiger partial charge in [0.05, 0.1) is 7.11 Å². The van der Waals surface area contributed by atoms with Gasteiger partial charge in [-0.3, -0.25) is 9.69 Å². The van der Waals surface area contributed by atoms with E-state index >= 15 is 0 Å². The van der Waals surface area contributed by atoms with Gasteiger partial charge in [-0.1, -0.05) is 0 Å². The summed E-state index contributed by atoms with van der Waals surface area (Å²) in [5.74, 6) is 0.876. The van der Waals surface area contributed by atoms with Gasteiger partial charge in [0.2, 0.25) is 0 Å². The molecule has 118 valence electrons. The van der Waals surface area contributed by atoms with E-state index in [9.17, 15) is 4.79 Å². The fraction of sp³-hybridized carbons (Fsp3) is 0.438. The van der Waals surface area contributed by atoms with Gasteiger partial charge in [-0.05, 0) is 18.2 Å². The van der Waals surface area contributed by atoms with Crippen LogP contribution in [0.3, 0.4) is 0 Å². The van der Waals surface area contributed by atoms with Crippen LogP contribution in [0.2, 0.25) is 0 Å². The smallest absolute Gasteiger partial charge is 0.287 e. The average molecular weight is 303 g/mol. The summed E-state index contributed by atoms with van der Waals surface area (Å²) < 4.78 is 10.8. The third-order valence-electron chi connectivity index (χ3n) is 3.87. The maximum absolute atomic E-state index is 12.1. The predicted octanol–water partition coefficient (Wildman–Crippen LogP) is 1.08. The molecule has 0 radical (unpaired) electrons. The van der Waals surface area contributed by atoms with Crippen molar-refractivity contribution in [1.29, 1.82) is 0 Å². The van der Waals surface area contributed by atoms with Crippen LogP contribution in [0.5, 0.6) is 5.75 Å². The summed E-state index contributed by atoms with van der Waals surface area (Å²) in [6, 6.07) is 7.28. The van der Waals surface area contributed by atoms with E-state index in [-0.39, 0.29) is 5.91 Å². The van der Waals surface area contributed by atoms with Gasteiger partial charge in [0.25, 0.3) is 5.91 Å². The minimum Gasteiger partial charge on any atom is -0.497 e. The first-order valence-corrected chi connectivity index (χ1v) is 7.55. The number of methoxy groups -OCH3 is 1. The first-order valence-electron chi connectivity index (χ1n) is 7.55. The molecule has 0 saturated carbocycles. The Kier molecular flexibility index (Phi) is 4.60. The number of nitrogens with zero attached hydrogens (tertiary/aromatic N) is 1. The van der Waals surface area contributed by atoms with Crippen molar-refractivity contribution in [2.75, 3.05) is 46.4 Å². The Balaban J connectivity index is 1.57. The van der Waals surface area contributed by atoms with Gasteiger partial charge in [-0.25, -0.2) is 0 Å². The molecule has 1 fully saturated rings. The van der Waals surface area contributed by atoms with Crippen molar-refractivity contribution in [3.63, 3.8) is 0 Å². The zero-order valence-electron chi connectivity index (χ0n) is 12.7. The molecule has 6 heteroatoms. The Bertz CT molecular complexity index is 647. The molecule has 2 N–H and O–H groups in total. The average Bonchev–Trinajstić information content (AvgIpc) is 2.99. The van der Waals surface area contributed by atoms with Crippen molar-refractivity contribution in [2.24, 2.45) is 0 Å². The SMILES string of the molecule is COc1ccc2cc(C(=O)NCCN3CCNCC3)oc2c1. The number of piperazine rings is 1. The summed E-state index contributed by atoms with van der Waals surface area (Å²) in [4.78, 5) is 14.5. The molecule has 0 spiro atoms. The number of benzene rings is 1. The third-order valence-corrected chi connectivity index (χ3v) is 3.87. The number of hydrogen-bond donors (Lipinski definition) is 2. The molecule has 0 bridgehead atoms. The summed E-state index contributed by atoms with van der Waals surface area (Å²) in [6.07, 6.45) is 0. The van der Waals surface area contributed by atoms with Crippen LogP contribution in [0.4, 0.5) is 0 Å². The second kappa shape index (κ2) is 6.81. The van der Waals surface area contributed by atoms with E-state index in [1.807, 2.05) is 12.1 Å².